The molecule has 1 aromatic carbocycles. The normalized spacial score (nSPS) is 11.4. The van der Waals surface area contributed by atoms with Crippen LogP contribution < -0.4 is 5.56 Å². The Morgan fingerprint density at radius 1 is 1.16 bits per heavy atom. The Balaban J connectivity index is 2.23. The van der Waals surface area contributed by atoms with E-state index in [2.05, 4.69) is 10.1 Å². The molecule has 1 heterocycles. The average Bonchev–Trinajstić information content (AvgIpc) is 2.54. The summed E-state index contributed by atoms with van der Waals surface area (Å²) < 4.78 is 6.85. The highest BCUT2D eigenvalue weighted by molar-refractivity contribution is 5.69. The standard InChI is InChI=1S/C19H25N3O3/c1-5-15-18(24)20-16(12-11-14-9-7-6-8-10-14)22(21-15)13-17(23)25-19(2,3)4/h6-10H,5,11-13H2,1-4H3. The minimum atomic E-state index is -0.568. The highest BCUT2D eigenvalue weighted by atomic mass is 16.6. The monoisotopic (exact) mass is 343 g/mol. The van der Waals surface area contributed by atoms with E-state index in [0.29, 0.717) is 24.4 Å². The molecule has 2 aromatic rings. The van der Waals surface area contributed by atoms with Crippen LogP contribution in [0.25, 0.3) is 0 Å². The van der Waals surface area contributed by atoms with Crippen molar-refractivity contribution in [1.29, 1.82) is 0 Å². The van der Waals surface area contributed by atoms with E-state index in [0.717, 1.165) is 12.0 Å². The summed E-state index contributed by atoms with van der Waals surface area (Å²) in [7, 11) is 0. The van der Waals surface area contributed by atoms with Crippen LogP contribution in [0.15, 0.2) is 35.1 Å². The van der Waals surface area contributed by atoms with Gasteiger partial charge in [-0.3, -0.25) is 9.59 Å². The van der Waals surface area contributed by atoms with Crippen LogP contribution in [0.4, 0.5) is 0 Å². The summed E-state index contributed by atoms with van der Waals surface area (Å²) in [5.41, 5.74) is 0.597. The van der Waals surface area contributed by atoms with E-state index in [1.165, 1.54) is 4.68 Å². The number of esters is 1. The van der Waals surface area contributed by atoms with Gasteiger partial charge in [-0.05, 0) is 39.2 Å². The minimum Gasteiger partial charge on any atom is -0.459 e. The lowest BCUT2D eigenvalue weighted by Gasteiger charge is -2.20. The minimum absolute atomic E-state index is 0.0539. The van der Waals surface area contributed by atoms with Crippen LogP contribution in [-0.2, 0) is 35.3 Å². The van der Waals surface area contributed by atoms with Gasteiger partial charge in [-0.1, -0.05) is 37.3 Å². The second kappa shape index (κ2) is 8.05. The Labute approximate surface area is 147 Å². The third kappa shape index (κ3) is 5.81. The fourth-order valence-electron chi connectivity index (χ4n) is 2.42. The number of benzene rings is 1. The van der Waals surface area contributed by atoms with Gasteiger partial charge in [0.15, 0.2) is 0 Å². The van der Waals surface area contributed by atoms with Crippen LogP contribution in [0, 0.1) is 0 Å². The third-order valence-electron chi connectivity index (χ3n) is 3.53. The molecule has 0 unspecified atom stereocenters. The highest BCUT2D eigenvalue weighted by Crippen LogP contribution is 2.09. The summed E-state index contributed by atoms with van der Waals surface area (Å²) in [6, 6.07) is 9.93. The lowest BCUT2D eigenvalue weighted by molar-refractivity contribution is -0.155. The van der Waals surface area contributed by atoms with Crippen molar-refractivity contribution in [1.82, 2.24) is 14.8 Å². The second-order valence-corrected chi connectivity index (χ2v) is 6.86. The Morgan fingerprint density at radius 2 is 1.84 bits per heavy atom. The van der Waals surface area contributed by atoms with Gasteiger partial charge in [-0.15, -0.1) is 0 Å². The van der Waals surface area contributed by atoms with Gasteiger partial charge in [0, 0.05) is 6.42 Å². The maximum absolute atomic E-state index is 12.2. The zero-order chi connectivity index (χ0) is 18.4. The second-order valence-electron chi connectivity index (χ2n) is 6.86. The maximum atomic E-state index is 12.2. The van der Waals surface area contributed by atoms with Crippen molar-refractivity contribution < 1.29 is 9.53 Å². The van der Waals surface area contributed by atoms with Gasteiger partial charge in [0.05, 0.1) is 0 Å². The number of aromatic nitrogens is 3. The van der Waals surface area contributed by atoms with Crippen molar-refractivity contribution in [3.63, 3.8) is 0 Å². The Kier molecular flexibility index (Phi) is 6.07. The molecule has 0 amide bonds. The molecule has 0 bridgehead atoms. The van der Waals surface area contributed by atoms with E-state index in [1.54, 1.807) is 0 Å². The molecule has 0 atom stereocenters. The molecule has 0 aliphatic carbocycles. The molecular weight excluding hydrogens is 318 g/mol. The summed E-state index contributed by atoms with van der Waals surface area (Å²) in [5.74, 6) is 0.102. The molecule has 2 rings (SSSR count). The number of ether oxygens (including phenoxy) is 1. The number of hydrogen-bond acceptors (Lipinski definition) is 5. The molecule has 6 nitrogen and oxygen atoms in total. The molecule has 0 saturated heterocycles. The Hall–Kier alpha value is -2.50. The van der Waals surface area contributed by atoms with Gasteiger partial charge in [-0.25, -0.2) is 4.68 Å². The van der Waals surface area contributed by atoms with Crippen molar-refractivity contribution in [3.05, 3.63) is 57.8 Å². The molecule has 0 spiro atoms. The third-order valence-corrected chi connectivity index (χ3v) is 3.53. The van der Waals surface area contributed by atoms with Crippen molar-refractivity contribution in [3.8, 4) is 0 Å². The van der Waals surface area contributed by atoms with Gasteiger partial charge in [0.25, 0.3) is 5.56 Å². The predicted molar refractivity (Wildman–Crippen MR) is 95.4 cm³/mol. The summed E-state index contributed by atoms with van der Waals surface area (Å²) in [4.78, 5) is 28.3. The summed E-state index contributed by atoms with van der Waals surface area (Å²) in [5, 5.41) is 4.31. The number of carbonyl (C=O) groups excluding carboxylic acids is 1. The molecule has 6 heteroatoms. The molecule has 0 radical (unpaired) electrons. The van der Waals surface area contributed by atoms with Gasteiger partial charge >= 0.3 is 5.97 Å². The van der Waals surface area contributed by atoms with E-state index in [4.69, 9.17) is 4.74 Å². The first-order chi connectivity index (χ1) is 11.8. The lowest BCUT2D eigenvalue weighted by atomic mass is 10.1. The maximum Gasteiger partial charge on any atom is 0.328 e. The molecule has 1 aromatic heterocycles. The number of hydrogen-bond donors (Lipinski definition) is 0. The molecule has 134 valence electrons. The van der Waals surface area contributed by atoms with Gasteiger partial charge in [-0.2, -0.15) is 10.1 Å². The first kappa shape index (κ1) is 18.8. The van der Waals surface area contributed by atoms with Crippen molar-refractivity contribution in [2.24, 2.45) is 0 Å². The SMILES string of the molecule is CCc1nn(CC(=O)OC(C)(C)C)c(CCc2ccccc2)nc1=O. The number of aryl methyl sites for hydroxylation is 3. The summed E-state index contributed by atoms with van der Waals surface area (Å²) >= 11 is 0. The molecular formula is C19H25N3O3. The fourth-order valence-corrected chi connectivity index (χ4v) is 2.42. The lowest BCUT2D eigenvalue weighted by Crippen LogP contribution is -2.31. The fraction of sp³-hybridized carbons (Fsp3) is 0.474. The molecule has 25 heavy (non-hydrogen) atoms. The van der Waals surface area contributed by atoms with Crippen LogP contribution in [-0.4, -0.2) is 26.3 Å². The van der Waals surface area contributed by atoms with Gasteiger partial charge in [0.1, 0.15) is 23.7 Å². The van der Waals surface area contributed by atoms with E-state index in [1.807, 2.05) is 58.0 Å². The average molecular weight is 343 g/mol. The molecule has 0 saturated carbocycles. The van der Waals surface area contributed by atoms with E-state index in [9.17, 15) is 9.59 Å². The molecule has 0 fully saturated rings. The van der Waals surface area contributed by atoms with E-state index < -0.39 is 11.6 Å². The quantitative estimate of drug-likeness (QED) is 0.753. The van der Waals surface area contributed by atoms with Crippen LogP contribution in [0.5, 0.6) is 0 Å². The van der Waals surface area contributed by atoms with Crippen molar-refractivity contribution in [2.45, 2.75) is 59.1 Å². The van der Waals surface area contributed by atoms with E-state index >= 15 is 0 Å². The van der Waals surface area contributed by atoms with E-state index in [-0.39, 0.29) is 12.1 Å². The number of nitrogens with zero attached hydrogens (tertiary/aromatic N) is 3. The first-order valence-electron chi connectivity index (χ1n) is 8.51. The smallest absolute Gasteiger partial charge is 0.328 e. The van der Waals surface area contributed by atoms with Crippen LogP contribution in [0.3, 0.4) is 0 Å². The molecule has 0 aliphatic heterocycles. The zero-order valence-corrected chi connectivity index (χ0v) is 15.3. The Bertz CT molecular complexity index is 777. The zero-order valence-electron chi connectivity index (χ0n) is 15.3. The van der Waals surface area contributed by atoms with Crippen LogP contribution in [0.1, 0.15) is 44.8 Å². The van der Waals surface area contributed by atoms with Crippen LogP contribution >= 0.6 is 0 Å². The van der Waals surface area contributed by atoms with Gasteiger partial charge in [0.2, 0.25) is 0 Å². The molecule has 0 N–H and O–H groups in total. The number of rotatable bonds is 6. The van der Waals surface area contributed by atoms with Gasteiger partial charge < -0.3 is 4.74 Å². The Morgan fingerprint density at radius 3 is 2.44 bits per heavy atom. The van der Waals surface area contributed by atoms with Crippen molar-refractivity contribution >= 4 is 5.97 Å². The highest BCUT2D eigenvalue weighted by Gasteiger charge is 2.19. The number of carbonyl (C=O) groups is 1. The topological polar surface area (TPSA) is 74.1 Å². The molecule has 0 aliphatic rings. The predicted octanol–water partition coefficient (Wildman–Crippen LogP) is 2.33. The first-order valence-corrected chi connectivity index (χ1v) is 8.51. The summed E-state index contributed by atoms with van der Waals surface area (Å²) in [6.45, 7) is 7.23. The summed E-state index contributed by atoms with van der Waals surface area (Å²) in [6.07, 6.45) is 1.72. The van der Waals surface area contributed by atoms with Crippen molar-refractivity contribution in [2.75, 3.05) is 0 Å². The van der Waals surface area contributed by atoms with Crippen LogP contribution in [0.2, 0.25) is 0 Å². The largest absolute Gasteiger partial charge is 0.459 e.